The zero-order valence-corrected chi connectivity index (χ0v) is 18.7. The lowest BCUT2D eigenvalue weighted by molar-refractivity contribution is 0.402. The molecule has 0 spiro atoms. The molecule has 1 aliphatic heterocycles. The summed E-state index contributed by atoms with van der Waals surface area (Å²) in [6.45, 7) is 2.08. The molecule has 0 amide bonds. The van der Waals surface area contributed by atoms with E-state index in [1.54, 1.807) is 27.5 Å². The number of anilines is 1. The van der Waals surface area contributed by atoms with Crippen molar-refractivity contribution in [2.45, 2.75) is 12.8 Å². The van der Waals surface area contributed by atoms with Crippen LogP contribution in [0.1, 0.15) is 18.4 Å². The fourth-order valence-electron chi connectivity index (χ4n) is 3.76. The highest BCUT2D eigenvalue weighted by Crippen LogP contribution is 2.37. The lowest BCUT2D eigenvalue weighted by Crippen LogP contribution is -2.18. The van der Waals surface area contributed by atoms with Gasteiger partial charge in [-0.05, 0) is 55.3 Å². The van der Waals surface area contributed by atoms with Crippen LogP contribution in [0.25, 0.3) is 0 Å². The first-order valence-corrected chi connectivity index (χ1v) is 10.7. The minimum Gasteiger partial charge on any atom is -0.497 e. The number of benzene rings is 3. The standard InChI is InChI=1S/C26H28N2O4/c1-29-22-7-6-8-23(16-22)32-21-11-9-20(10-12-21)27-18-19-15-26(31-3)24(17-25(19)30-2)28-13-4-5-14-28/h6-12,15-18H,4-5,13-14H2,1-3H3. The Balaban J connectivity index is 1.51. The molecule has 0 unspecified atom stereocenters. The normalized spacial score (nSPS) is 13.4. The van der Waals surface area contributed by atoms with Crippen LogP contribution in [0.15, 0.2) is 65.7 Å². The Morgan fingerprint density at radius 3 is 2.16 bits per heavy atom. The Morgan fingerprint density at radius 1 is 0.750 bits per heavy atom. The lowest BCUT2D eigenvalue weighted by Gasteiger charge is -2.22. The van der Waals surface area contributed by atoms with Gasteiger partial charge in [0.1, 0.15) is 28.7 Å². The monoisotopic (exact) mass is 432 g/mol. The van der Waals surface area contributed by atoms with Gasteiger partial charge in [-0.1, -0.05) is 6.07 Å². The largest absolute Gasteiger partial charge is 0.497 e. The summed E-state index contributed by atoms with van der Waals surface area (Å²) in [7, 11) is 5.01. The van der Waals surface area contributed by atoms with E-state index in [2.05, 4.69) is 9.89 Å². The second kappa shape index (κ2) is 10.1. The molecule has 1 heterocycles. The molecule has 0 N–H and O–H groups in total. The van der Waals surface area contributed by atoms with Crippen molar-refractivity contribution in [2.75, 3.05) is 39.3 Å². The molecule has 0 bridgehead atoms. The fourth-order valence-corrected chi connectivity index (χ4v) is 3.76. The Bertz CT molecular complexity index is 1070. The molecular formula is C26H28N2O4. The van der Waals surface area contributed by atoms with E-state index in [0.717, 1.165) is 58.8 Å². The summed E-state index contributed by atoms with van der Waals surface area (Å²) in [4.78, 5) is 6.95. The van der Waals surface area contributed by atoms with Gasteiger partial charge < -0.3 is 23.8 Å². The molecule has 4 rings (SSSR count). The van der Waals surface area contributed by atoms with Gasteiger partial charge in [0.2, 0.25) is 0 Å². The third-order valence-corrected chi connectivity index (χ3v) is 5.44. The van der Waals surface area contributed by atoms with E-state index in [-0.39, 0.29) is 0 Å². The van der Waals surface area contributed by atoms with E-state index >= 15 is 0 Å². The zero-order valence-electron chi connectivity index (χ0n) is 18.7. The van der Waals surface area contributed by atoms with Crippen molar-refractivity contribution in [2.24, 2.45) is 4.99 Å². The van der Waals surface area contributed by atoms with Crippen LogP contribution in [0.3, 0.4) is 0 Å². The van der Waals surface area contributed by atoms with Gasteiger partial charge in [-0.15, -0.1) is 0 Å². The first kappa shape index (κ1) is 21.6. The van der Waals surface area contributed by atoms with Crippen LogP contribution >= 0.6 is 0 Å². The lowest BCUT2D eigenvalue weighted by atomic mass is 10.1. The van der Waals surface area contributed by atoms with Gasteiger partial charge in [0, 0.05) is 37.0 Å². The van der Waals surface area contributed by atoms with E-state index < -0.39 is 0 Å². The Labute approximate surface area is 189 Å². The summed E-state index contributed by atoms with van der Waals surface area (Å²) in [5, 5.41) is 0. The minimum absolute atomic E-state index is 0.718. The van der Waals surface area contributed by atoms with E-state index in [9.17, 15) is 0 Å². The average Bonchev–Trinajstić information content (AvgIpc) is 3.38. The summed E-state index contributed by atoms with van der Waals surface area (Å²) in [5.74, 6) is 3.80. The molecule has 6 heteroatoms. The van der Waals surface area contributed by atoms with Crippen molar-refractivity contribution in [3.63, 3.8) is 0 Å². The van der Waals surface area contributed by atoms with Gasteiger partial charge >= 0.3 is 0 Å². The number of methoxy groups -OCH3 is 3. The third-order valence-electron chi connectivity index (χ3n) is 5.44. The first-order valence-electron chi connectivity index (χ1n) is 10.7. The molecule has 1 saturated heterocycles. The SMILES string of the molecule is COc1cccc(Oc2ccc(N=Cc3cc(OC)c(N4CCCC4)cc3OC)cc2)c1. The molecule has 1 fully saturated rings. The van der Waals surface area contributed by atoms with Crippen LogP contribution in [0.5, 0.6) is 28.7 Å². The predicted octanol–water partition coefficient (Wildman–Crippen LogP) is 5.86. The first-order chi connectivity index (χ1) is 15.7. The van der Waals surface area contributed by atoms with Gasteiger partial charge in [-0.25, -0.2) is 0 Å². The molecule has 1 aliphatic rings. The van der Waals surface area contributed by atoms with Crippen molar-refractivity contribution >= 4 is 17.6 Å². The van der Waals surface area contributed by atoms with Crippen molar-refractivity contribution in [3.05, 3.63) is 66.2 Å². The van der Waals surface area contributed by atoms with Crippen LogP contribution < -0.4 is 23.8 Å². The summed E-state index contributed by atoms with van der Waals surface area (Å²) < 4.78 is 22.4. The van der Waals surface area contributed by atoms with E-state index in [4.69, 9.17) is 18.9 Å². The molecule has 32 heavy (non-hydrogen) atoms. The van der Waals surface area contributed by atoms with Crippen molar-refractivity contribution in [1.29, 1.82) is 0 Å². The summed E-state index contributed by atoms with van der Waals surface area (Å²) >= 11 is 0. The number of nitrogens with zero attached hydrogens (tertiary/aromatic N) is 2. The minimum atomic E-state index is 0.718. The molecule has 3 aromatic carbocycles. The summed E-state index contributed by atoms with van der Waals surface area (Å²) in [6.07, 6.45) is 4.20. The molecule has 0 aliphatic carbocycles. The van der Waals surface area contributed by atoms with Crippen LogP contribution in [-0.2, 0) is 0 Å². The van der Waals surface area contributed by atoms with Crippen LogP contribution in [0.2, 0.25) is 0 Å². The van der Waals surface area contributed by atoms with E-state index in [1.165, 1.54) is 12.8 Å². The third kappa shape index (κ3) is 4.97. The van der Waals surface area contributed by atoms with Gasteiger partial charge in [-0.2, -0.15) is 0 Å². The van der Waals surface area contributed by atoms with Crippen LogP contribution in [-0.4, -0.2) is 40.6 Å². The fraction of sp³-hybridized carbons (Fsp3) is 0.269. The molecule has 0 saturated carbocycles. The Hall–Kier alpha value is -3.67. The summed E-state index contributed by atoms with van der Waals surface area (Å²) in [6, 6.07) is 19.1. The highest BCUT2D eigenvalue weighted by atomic mass is 16.5. The Morgan fingerprint density at radius 2 is 1.47 bits per heavy atom. The molecule has 3 aromatic rings. The summed E-state index contributed by atoms with van der Waals surface area (Å²) in [5.41, 5.74) is 2.75. The van der Waals surface area contributed by atoms with Crippen LogP contribution in [0, 0.1) is 0 Å². The maximum Gasteiger partial charge on any atom is 0.143 e. The van der Waals surface area contributed by atoms with Crippen molar-refractivity contribution in [1.82, 2.24) is 0 Å². The average molecular weight is 433 g/mol. The number of rotatable bonds is 8. The molecule has 166 valence electrons. The highest BCUT2D eigenvalue weighted by molar-refractivity contribution is 5.88. The number of aliphatic imine (C=N–C) groups is 1. The smallest absolute Gasteiger partial charge is 0.143 e. The molecule has 0 radical (unpaired) electrons. The van der Waals surface area contributed by atoms with Gasteiger partial charge in [0.25, 0.3) is 0 Å². The van der Waals surface area contributed by atoms with Gasteiger partial charge in [-0.3, -0.25) is 4.99 Å². The second-order valence-corrected chi connectivity index (χ2v) is 7.49. The van der Waals surface area contributed by atoms with E-state index in [1.807, 2.05) is 60.7 Å². The number of hydrogen-bond donors (Lipinski definition) is 0. The number of hydrogen-bond acceptors (Lipinski definition) is 6. The highest BCUT2D eigenvalue weighted by Gasteiger charge is 2.19. The molecule has 0 aromatic heterocycles. The van der Waals surface area contributed by atoms with Gasteiger partial charge in [0.05, 0.1) is 32.7 Å². The van der Waals surface area contributed by atoms with Gasteiger partial charge in [0.15, 0.2) is 0 Å². The van der Waals surface area contributed by atoms with Crippen LogP contribution in [0.4, 0.5) is 11.4 Å². The van der Waals surface area contributed by atoms with E-state index in [0.29, 0.717) is 0 Å². The molecule has 0 atom stereocenters. The second-order valence-electron chi connectivity index (χ2n) is 7.49. The molecule has 6 nitrogen and oxygen atoms in total. The zero-order chi connectivity index (χ0) is 22.3. The predicted molar refractivity (Wildman–Crippen MR) is 128 cm³/mol. The molecular weight excluding hydrogens is 404 g/mol. The maximum atomic E-state index is 5.89. The van der Waals surface area contributed by atoms with Crippen molar-refractivity contribution in [3.8, 4) is 28.7 Å². The van der Waals surface area contributed by atoms with Crippen molar-refractivity contribution < 1.29 is 18.9 Å². The maximum absolute atomic E-state index is 5.89. The Kier molecular flexibility index (Phi) is 6.80. The topological polar surface area (TPSA) is 52.5 Å². The quantitative estimate of drug-likeness (QED) is 0.418. The number of ether oxygens (including phenoxy) is 4.